The summed E-state index contributed by atoms with van der Waals surface area (Å²) in [5.41, 5.74) is 2.28. The topological polar surface area (TPSA) is 45.5 Å². The molecule has 0 aliphatic heterocycles. The summed E-state index contributed by atoms with van der Waals surface area (Å²) in [7, 11) is 4.31. The first-order valence-corrected chi connectivity index (χ1v) is 6.84. The summed E-state index contributed by atoms with van der Waals surface area (Å²) in [6.45, 7) is 2.95. The Morgan fingerprint density at radius 1 is 1.37 bits per heavy atom. The van der Waals surface area contributed by atoms with Crippen molar-refractivity contribution in [3.8, 4) is 0 Å². The quantitative estimate of drug-likeness (QED) is 0.911. The van der Waals surface area contributed by atoms with Crippen LogP contribution >= 0.6 is 0 Å². The van der Waals surface area contributed by atoms with E-state index >= 15 is 0 Å². The lowest BCUT2D eigenvalue weighted by atomic mass is 9.75. The van der Waals surface area contributed by atoms with E-state index in [0.717, 1.165) is 23.8 Å². The van der Waals surface area contributed by atoms with Crippen LogP contribution in [-0.4, -0.2) is 45.7 Å². The maximum absolute atomic E-state index is 4.52. The fourth-order valence-electron chi connectivity index (χ4n) is 2.72. The molecule has 3 rings (SSSR count). The van der Waals surface area contributed by atoms with Crippen molar-refractivity contribution in [3.63, 3.8) is 0 Å². The Labute approximate surface area is 113 Å². The fraction of sp³-hybridized carbons (Fsp3) is 0.571. The molecule has 1 fully saturated rings. The first kappa shape index (κ1) is 12.4. The minimum Gasteiger partial charge on any atom is -0.351 e. The molecule has 102 valence electrons. The molecule has 0 bridgehead atoms. The summed E-state index contributed by atoms with van der Waals surface area (Å²) in [5, 5.41) is 7.91. The molecule has 19 heavy (non-hydrogen) atoms. The summed E-state index contributed by atoms with van der Waals surface area (Å²) in [6, 6.07) is 6.03. The van der Waals surface area contributed by atoms with Gasteiger partial charge in [-0.2, -0.15) is 4.98 Å². The van der Waals surface area contributed by atoms with Crippen LogP contribution in [0.15, 0.2) is 18.2 Å². The zero-order chi connectivity index (χ0) is 13.5. The monoisotopic (exact) mass is 259 g/mol. The largest absolute Gasteiger partial charge is 0.351 e. The second-order valence-corrected chi connectivity index (χ2v) is 5.70. The molecule has 2 heterocycles. The van der Waals surface area contributed by atoms with Crippen molar-refractivity contribution in [2.24, 2.45) is 0 Å². The van der Waals surface area contributed by atoms with Gasteiger partial charge in [0.15, 0.2) is 5.65 Å². The number of pyridine rings is 1. The van der Waals surface area contributed by atoms with Gasteiger partial charge in [0.2, 0.25) is 5.95 Å². The molecule has 2 aromatic heterocycles. The number of anilines is 1. The zero-order valence-electron chi connectivity index (χ0n) is 11.8. The van der Waals surface area contributed by atoms with Gasteiger partial charge in [0, 0.05) is 17.8 Å². The Hall–Kier alpha value is -1.62. The van der Waals surface area contributed by atoms with Gasteiger partial charge < -0.3 is 10.2 Å². The van der Waals surface area contributed by atoms with Gasteiger partial charge in [-0.1, -0.05) is 6.07 Å². The predicted octanol–water partition coefficient (Wildman–Crippen LogP) is 1.93. The van der Waals surface area contributed by atoms with Crippen molar-refractivity contribution in [1.29, 1.82) is 0 Å². The normalized spacial score (nSPS) is 17.7. The van der Waals surface area contributed by atoms with Crippen LogP contribution in [0.25, 0.3) is 5.65 Å². The highest BCUT2D eigenvalue weighted by atomic mass is 15.4. The molecule has 0 saturated heterocycles. The van der Waals surface area contributed by atoms with Crippen molar-refractivity contribution < 1.29 is 0 Å². The lowest BCUT2D eigenvalue weighted by molar-refractivity contribution is 0.0737. The van der Waals surface area contributed by atoms with E-state index in [1.165, 1.54) is 19.3 Å². The number of aryl methyl sites for hydroxylation is 1. The summed E-state index contributed by atoms with van der Waals surface area (Å²) >= 11 is 0. The lowest BCUT2D eigenvalue weighted by Crippen LogP contribution is -2.54. The molecule has 0 radical (unpaired) electrons. The van der Waals surface area contributed by atoms with Crippen molar-refractivity contribution in [1.82, 2.24) is 19.5 Å². The number of rotatable bonds is 4. The molecule has 5 heteroatoms. The summed E-state index contributed by atoms with van der Waals surface area (Å²) in [6.07, 6.45) is 3.82. The van der Waals surface area contributed by atoms with E-state index < -0.39 is 0 Å². The van der Waals surface area contributed by atoms with E-state index in [1.54, 1.807) is 0 Å². The van der Waals surface area contributed by atoms with Crippen LogP contribution in [0.1, 0.15) is 25.0 Å². The van der Waals surface area contributed by atoms with Crippen LogP contribution in [0, 0.1) is 6.92 Å². The average molecular weight is 259 g/mol. The summed E-state index contributed by atoms with van der Waals surface area (Å²) in [4.78, 5) is 6.84. The van der Waals surface area contributed by atoms with Crippen molar-refractivity contribution in [2.45, 2.75) is 31.7 Å². The molecule has 1 N–H and O–H groups in total. The minimum absolute atomic E-state index is 0.284. The Balaban J connectivity index is 1.77. The first-order chi connectivity index (χ1) is 9.11. The lowest BCUT2D eigenvalue weighted by Gasteiger charge is -2.47. The van der Waals surface area contributed by atoms with E-state index in [9.17, 15) is 0 Å². The number of nitrogens with one attached hydrogen (secondary N) is 1. The number of aromatic nitrogens is 3. The van der Waals surface area contributed by atoms with E-state index in [1.807, 2.05) is 29.6 Å². The third-order valence-electron chi connectivity index (χ3n) is 4.36. The molecule has 0 aromatic carbocycles. The Bertz CT molecular complexity index is 583. The van der Waals surface area contributed by atoms with E-state index in [2.05, 4.69) is 34.4 Å². The van der Waals surface area contributed by atoms with Crippen molar-refractivity contribution in [3.05, 3.63) is 23.9 Å². The molecular formula is C14H21N5. The summed E-state index contributed by atoms with van der Waals surface area (Å²) < 4.78 is 1.88. The first-order valence-electron chi connectivity index (χ1n) is 6.84. The van der Waals surface area contributed by atoms with Crippen LogP contribution < -0.4 is 5.32 Å². The van der Waals surface area contributed by atoms with Gasteiger partial charge in [-0.05, 0) is 52.4 Å². The highest BCUT2D eigenvalue weighted by Gasteiger charge is 2.38. The smallest absolute Gasteiger partial charge is 0.243 e. The Kier molecular flexibility index (Phi) is 2.93. The molecule has 0 unspecified atom stereocenters. The standard InChI is InChI=1S/C14H21N5/c1-11-6-4-7-12-16-13(17-19(11)12)15-10-14(18(2)3)8-5-9-14/h4,6-7H,5,8-10H2,1-3H3,(H,15,17). The van der Waals surface area contributed by atoms with Crippen LogP contribution in [0.5, 0.6) is 0 Å². The zero-order valence-corrected chi connectivity index (χ0v) is 11.8. The van der Waals surface area contributed by atoms with Crippen LogP contribution in [0.2, 0.25) is 0 Å². The maximum Gasteiger partial charge on any atom is 0.243 e. The number of likely N-dealkylation sites (N-methyl/N-ethyl adjacent to an activating group) is 1. The minimum atomic E-state index is 0.284. The number of hydrogen-bond acceptors (Lipinski definition) is 4. The van der Waals surface area contributed by atoms with Crippen molar-refractivity contribution in [2.75, 3.05) is 26.0 Å². The maximum atomic E-state index is 4.52. The number of nitrogens with zero attached hydrogens (tertiary/aromatic N) is 4. The fourth-order valence-corrected chi connectivity index (χ4v) is 2.72. The highest BCUT2D eigenvalue weighted by molar-refractivity contribution is 5.44. The Morgan fingerprint density at radius 2 is 2.16 bits per heavy atom. The van der Waals surface area contributed by atoms with Gasteiger partial charge in [-0.15, -0.1) is 5.10 Å². The molecule has 1 saturated carbocycles. The second kappa shape index (κ2) is 4.49. The summed E-state index contributed by atoms with van der Waals surface area (Å²) in [5.74, 6) is 0.724. The van der Waals surface area contributed by atoms with Crippen LogP contribution in [0.4, 0.5) is 5.95 Å². The molecule has 1 aliphatic carbocycles. The van der Waals surface area contributed by atoms with Crippen LogP contribution in [0.3, 0.4) is 0 Å². The molecule has 5 nitrogen and oxygen atoms in total. The van der Waals surface area contributed by atoms with Gasteiger partial charge >= 0.3 is 0 Å². The third-order valence-corrected chi connectivity index (χ3v) is 4.36. The molecule has 0 spiro atoms. The van der Waals surface area contributed by atoms with E-state index in [0.29, 0.717) is 0 Å². The molecule has 0 atom stereocenters. The molecule has 0 amide bonds. The Morgan fingerprint density at radius 3 is 2.74 bits per heavy atom. The molecule has 2 aromatic rings. The number of hydrogen-bond donors (Lipinski definition) is 1. The van der Waals surface area contributed by atoms with E-state index in [4.69, 9.17) is 0 Å². The average Bonchev–Trinajstić information content (AvgIpc) is 2.71. The highest BCUT2D eigenvalue weighted by Crippen LogP contribution is 2.36. The van der Waals surface area contributed by atoms with Gasteiger partial charge in [0.05, 0.1) is 0 Å². The van der Waals surface area contributed by atoms with Crippen molar-refractivity contribution >= 4 is 11.6 Å². The number of fused-ring (bicyclic) bond motifs is 1. The van der Waals surface area contributed by atoms with Crippen LogP contribution in [-0.2, 0) is 0 Å². The van der Waals surface area contributed by atoms with Gasteiger partial charge in [0.25, 0.3) is 0 Å². The van der Waals surface area contributed by atoms with Gasteiger partial charge in [0.1, 0.15) is 0 Å². The van der Waals surface area contributed by atoms with Gasteiger partial charge in [-0.25, -0.2) is 4.52 Å². The molecule has 1 aliphatic rings. The van der Waals surface area contributed by atoms with E-state index in [-0.39, 0.29) is 5.54 Å². The third kappa shape index (κ3) is 2.08. The second-order valence-electron chi connectivity index (χ2n) is 5.70. The molecular weight excluding hydrogens is 238 g/mol. The predicted molar refractivity (Wildman–Crippen MR) is 76.5 cm³/mol. The van der Waals surface area contributed by atoms with Gasteiger partial charge in [-0.3, -0.25) is 0 Å². The SMILES string of the molecule is Cc1cccc2nc(NCC3(N(C)C)CCC3)nn12.